The van der Waals surface area contributed by atoms with Crippen molar-refractivity contribution in [2.24, 2.45) is 5.41 Å². The standard InChI is InChI=1S/C14H16ClF3/c1-2-14(5-3-4-6-14)13(15)12-10(17)7-9(16)8-11(12)18/h7-8,13H,2-6H2,1H3. The molecular weight excluding hydrogens is 261 g/mol. The summed E-state index contributed by atoms with van der Waals surface area (Å²) < 4.78 is 40.4. The van der Waals surface area contributed by atoms with Crippen LogP contribution in [-0.2, 0) is 0 Å². The molecule has 1 unspecified atom stereocenters. The van der Waals surface area contributed by atoms with E-state index in [-0.39, 0.29) is 11.0 Å². The van der Waals surface area contributed by atoms with E-state index >= 15 is 0 Å². The van der Waals surface area contributed by atoms with E-state index < -0.39 is 22.8 Å². The monoisotopic (exact) mass is 276 g/mol. The minimum Gasteiger partial charge on any atom is -0.207 e. The molecule has 0 N–H and O–H groups in total. The Bertz CT molecular complexity index is 416. The highest BCUT2D eigenvalue weighted by Crippen LogP contribution is 2.53. The van der Waals surface area contributed by atoms with Gasteiger partial charge in [-0.3, -0.25) is 0 Å². The summed E-state index contributed by atoms with van der Waals surface area (Å²) in [5, 5.41) is -0.731. The Hall–Kier alpha value is -0.700. The zero-order valence-corrected chi connectivity index (χ0v) is 11.0. The second kappa shape index (κ2) is 5.12. The summed E-state index contributed by atoms with van der Waals surface area (Å²) in [6.45, 7) is 1.99. The molecule has 100 valence electrons. The van der Waals surface area contributed by atoms with Crippen molar-refractivity contribution in [3.05, 3.63) is 35.1 Å². The Morgan fingerprint density at radius 2 is 1.67 bits per heavy atom. The third kappa shape index (κ3) is 2.25. The van der Waals surface area contributed by atoms with E-state index in [2.05, 4.69) is 0 Å². The Morgan fingerprint density at radius 1 is 1.17 bits per heavy atom. The zero-order chi connectivity index (χ0) is 13.3. The van der Waals surface area contributed by atoms with Crippen LogP contribution in [0.4, 0.5) is 13.2 Å². The summed E-state index contributed by atoms with van der Waals surface area (Å²) >= 11 is 6.33. The van der Waals surface area contributed by atoms with Gasteiger partial charge in [-0.1, -0.05) is 19.8 Å². The van der Waals surface area contributed by atoms with Crippen molar-refractivity contribution >= 4 is 11.6 Å². The van der Waals surface area contributed by atoms with Gasteiger partial charge in [0, 0.05) is 17.7 Å². The molecule has 0 nitrogen and oxygen atoms in total. The predicted molar refractivity (Wildman–Crippen MR) is 66.1 cm³/mol. The third-order valence-electron chi connectivity index (χ3n) is 4.14. The van der Waals surface area contributed by atoms with Gasteiger partial charge in [-0.2, -0.15) is 0 Å². The van der Waals surface area contributed by atoms with E-state index in [0.29, 0.717) is 12.1 Å². The highest BCUT2D eigenvalue weighted by molar-refractivity contribution is 6.21. The van der Waals surface area contributed by atoms with E-state index in [4.69, 9.17) is 11.6 Å². The van der Waals surface area contributed by atoms with Crippen molar-refractivity contribution in [1.82, 2.24) is 0 Å². The Morgan fingerprint density at radius 3 is 2.11 bits per heavy atom. The fourth-order valence-electron chi connectivity index (χ4n) is 2.97. The lowest BCUT2D eigenvalue weighted by molar-refractivity contribution is 0.262. The lowest BCUT2D eigenvalue weighted by atomic mass is 9.77. The molecule has 0 aromatic heterocycles. The van der Waals surface area contributed by atoms with Crippen molar-refractivity contribution in [1.29, 1.82) is 0 Å². The summed E-state index contributed by atoms with van der Waals surface area (Å²) in [7, 11) is 0. The van der Waals surface area contributed by atoms with Gasteiger partial charge in [0.05, 0.1) is 5.38 Å². The molecule has 0 heterocycles. The fraction of sp³-hybridized carbons (Fsp3) is 0.571. The minimum absolute atomic E-state index is 0.179. The summed E-state index contributed by atoms with van der Waals surface area (Å²) in [6.07, 6.45) is 4.57. The number of alkyl halides is 1. The quantitative estimate of drug-likeness (QED) is 0.653. The maximum Gasteiger partial charge on any atom is 0.133 e. The van der Waals surface area contributed by atoms with Crippen LogP contribution >= 0.6 is 11.6 Å². The van der Waals surface area contributed by atoms with Crippen LogP contribution in [0.2, 0.25) is 0 Å². The first-order chi connectivity index (χ1) is 8.50. The first-order valence-electron chi connectivity index (χ1n) is 6.28. The lowest BCUT2D eigenvalue weighted by Crippen LogP contribution is -2.23. The van der Waals surface area contributed by atoms with Crippen LogP contribution in [0.25, 0.3) is 0 Å². The van der Waals surface area contributed by atoms with E-state index in [0.717, 1.165) is 32.1 Å². The first-order valence-corrected chi connectivity index (χ1v) is 6.72. The molecule has 0 saturated heterocycles. The largest absolute Gasteiger partial charge is 0.207 e. The van der Waals surface area contributed by atoms with Gasteiger partial charge in [0.2, 0.25) is 0 Å². The van der Waals surface area contributed by atoms with E-state index in [9.17, 15) is 13.2 Å². The fourth-order valence-corrected chi connectivity index (χ4v) is 3.55. The second-order valence-electron chi connectivity index (χ2n) is 5.07. The highest BCUT2D eigenvalue weighted by atomic mass is 35.5. The van der Waals surface area contributed by atoms with Gasteiger partial charge in [-0.15, -0.1) is 11.6 Å². The van der Waals surface area contributed by atoms with Gasteiger partial charge in [-0.25, -0.2) is 13.2 Å². The molecule has 0 bridgehead atoms. The van der Waals surface area contributed by atoms with Crippen molar-refractivity contribution in [2.45, 2.75) is 44.4 Å². The summed E-state index contributed by atoms with van der Waals surface area (Å²) in [4.78, 5) is 0. The first kappa shape index (κ1) is 13.7. The SMILES string of the molecule is CCC1(C(Cl)c2c(F)cc(F)cc2F)CCCC1. The van der Waals surface area contributed by atoms with Crippen LogP contribution in [0.5, 0.6) is 0 Å². The zero-order valence-electron chi connectivity index (χ0n) is 10.3. The average molecular weight is 277 g/mol. The van der Waals surface area contributed by atoms with Crippen LogP contribution in [0.3, 0.4) is 0 Å². The topological polar surface area (TPSA) is 0 Å². The van der Waals surface area contributed by atoms with Gasteiger partial charge in [0.25, 0.3) is 0 Å². The van der Waals surface area contributed by atoms with Gasteiger partial charge in [0.15, 0.2) is 0 Å². The number of hydrogen-bond acceptors (Lipinski definition) is 0. The Balaban J connectivity index is 2.42. The molecule has 1 atom stereocenters. The molecule has 0 aliphatic heterocycles. The molecule has 1 fully saturated rings. The smallest absolute Gasteiger partial charge is 0.133 e. The van der Waals surface area contributed by atoms with E-state index in [1.165, 1.54) is 0 Å². The minimum atomic E-state index is -0.908. The maximum absolute atomic E-state index is 13.8. The lowest BCUT2D eigenvalue weighted by Gasteiger charge is -2.33. The molecule has 1 aliphatic carbocycles. The molecule has 0 spiro atoms. The number of halogens is 4. The summed E-state index contributed by atoms with van der Waals surface area (Å²) in [6, 6.07) is 1.40. The number of hydrogen-bond donors (Lipinski definition) is 0. The summed E-state index contributed by atoms with van der Waals surface area (Å²) in [5.41, 5.74) is -0.442. The van der Waals surface area contributed by atoms with Crippen LogP contribution in [0, 0.1) is 22.9 Å². The Kier molecular flexibility index (Phi) is 3.90. The van der Waals surface area contributed by atoms with Crippen molar-refractivity contribution in [2.75, 3.05) is 0 Å². The average Bonchev–Trinajstić information content (AvgIpc) is 2.77. The summed E-state index contributed by atoms with van der Waals surface area (Å²) in [5.74, 6) is -2.67. The maximum atomic E-state index is 13.8. The highest BCUT2D eigenvalue weighted by Gasteiger charge is 2.41. The normalized spacial score (nSPS) is 20.1. The third-order valence-corrected chi connectivity index (χ3v) is 4.82. The number of rotatable bonds is 3. The van der Waals surface area contributed by atoms with E-state index in [1.54, 1.807) is 0 Å². The van der Waals surface area contributed by atoms with Crippen molar-refractivity contribution < 1.29 is 13.2 Å². The predicted octanol–water partition coefficient (Wildman–Crippen LogP) is 5.35. The molecular formula is C14H16ClF3. The van der Waals surface area contributed by atoms with Crippen molar-refractivity contribution in [3.8, 4) is 0 Å². The molecule has 1 aromatic rings. The van der Waals surface area contributed by atoms with Gasteiger partial charge in [0.1, 0.15) is 17.5 Å². The molecule has 1 aliphatic rings. The van der Waals surface area contributed by atoms with Gasteiger partial charge < -0.3 is 0 Å². The van der Waals surface area contributed by atoms with E-state index in [1.807, 2.05) is 6.92 Å². The van der Waals surface area contributed by atoms with Crippen LogP contribution in [-0.4, -0.2) is 0 Å². The van der Waals surface area contributed by atoms with Crippen LogP contribution < -0.4 is 0 Å². The number of benzene rings is 1. The molecule has 4 heteroatoms. The Labute approximate surface area is 110 Å². The van der Waals surface area contributed by atoms with Gasteiger partial charge in [-0.05, 0) is 24.7 Å². The molecule has 1 saturated carbocycles. The van der Waals surface area contributed by atoms with Crippen LogP contribution in [0.15, 0.2) is 12.1 Å². The van der Waals surface area contributed by atoms with Crippen LogP contribution in [0.1, 0.15) is 50.0 Å². The second-order valence-corrected chi connectivity index (χ2v) is 5.51. The van der Waals surface area contributed by atoms with Gasteiger partial charge >= 0.3 is 0 Å². The molecule has 0 radical (unpaired) electrons. The molecule has 18 heavy (non-hydrogen) atoms. The molecule has 0 amide bonds. The molecule has 2 rings (SSSR count). The van der Waals surface area contributed by atoms with Crippen molar-refractivity contribution in [3.63, 3.8) is 0 Å². The molecule has 1 aromatic carbocycles.